The van der Waals surface area contributed by atoms with Crippen LogP contribution in [0.25, 0.3) is 0 Å². The number of amides is 1. The lowest BCUT2D eigenvalue weighted by molar-refractivity contribution is -0.127. The van der Waals surface area contributed by atoms with E-state index in [0.29, 0.717) is 31.5 Å². The molecule has 2 N–H and O–H groups in total. The summed E-state index contributed by atoms with van der Waals surface area (Å²) in [6.07, 6.45) is 0.733. The van der Waals surface area contributed by atoms with Crippen LogP contribution in [0.1, 0.15) is 12.0 Å². The second-order valence-electron chi connectivity index (χ2n) is 4.29. The van der Waals surface area contributed by atoms with E-state index >= 15 is 0 Å². The molecule has 0 aromatic heterocycles. The molecule has 0 spiro atoms. The topological polar surface area (TPSA) is 46.3 Å². The molecule has 17 heavy (non-hydrogen) atoms. The van der Waals surface area contributed by atoms with Gasteiger partial charge in [-0.05, 0) is 18.1 Å². The predicted molar refractivity (Wildman–Crippen MR) is 59.2 cm³/mol. The molecule has 0 saturated carbocycles. The average Bonchev–Trinajstić information content (AvgIpc) is 2.56. The Morgan fingerprint density at radius 2 is 2.18 bits per heavy atom. The Balaban J connectivity index is 1.96. The average molecular weight is 240 g/mol. The molecular weight excluding hydrogens is 226 g/mol. The summed E-state index contributed by atoms with van der Waals surface area (Å²) >= 11 is 0. The van der Waals surface area contributed by atoms with Crippen molar-refractivity contribution >= 4 is 5.91 Å². The van der Waals surface area contributed by atoms with Gasteiger partial charge in [-0.2, -0.15) is 0 Å². The lowest BCUT2D eigenvalue weighted by atomic mass is 10.1. The number of hydrogen-bond donors (Lipinski definition) is 1. The first-order valence-corrected chi connectivity index (χ1v) is 5.53. The van der Waals surface area contributed by atoms with Crippen molar-refractivity contribution in [1.82, 2.24) is 4.90 Å². The molecular formula is C12H14F2N2O. The third-order valence-corrected chi connectivity index (χ3v) is 2.91. The summed E-state index contributed by atoms with van der Waals surface area (Å²) in [6.45, 7) is 0.941. The van der Waals surface area contributed by atoms with E-state index in [-0.39, 0.29) is 11.9 Å². The molecule has 0 radical (unpaired) electrons. The van der Waals surface area contributed by atoms with Crippen LogP contribution in [-0.2, 0) is 11.2 Å². The van der Waals surface area contributed by atoms with Gasteiger partial charge in [0.05, 0.1) is 0 Å². The summed E-state index contributed by atoms with van der Waals surface area (Å²) in [7, 11) is 0. The second kappa shape index (κ2) is 4.79. The predicted octanol–water partition coefficient (Wildman–Crippen LogP) is 1.07. The maximum atomic E-state index is 13.3. The largest absolute Gasteiger partial charge is 0.341 e. The lowest BCUT2D eigenvalue weighted by Crippen LogP contribution is -2.30. The van der Waals surface area contributed by atoms with Crippen LogP contribution in [0.5, 0.6) is 0 Å². The number of nitrogens with zero attached hydrogens (tertiary/aromatic N) is 1. The zero-order chi connectivity index (χ0) is 12.4. The van der Waals surface area contributed by atoms with Gasteiger partial charge in [-0.15, -0.1) is 0 Å². The summed E-state index contributed by atoms with van der Waals surface area (Å²) in [5.41, 5.74) is 6.06. The van der Waals surface area contributed by atoms with Gasteiger partial charge < -0.3 is 10.6 Å². The summed E-state index contributed by atoms with van der Waals surface area (Å²) in [5.74, 6) is -1.16. The maximum Gasteiger partial charge on any atom is 0.224 e. The Labute approximate surface area is 98.2 Å². The van der Waals surface area contributed by atoms with E-state index in [0.717, 1.165) is 6.07 Å². The summed E-state index contributed by atoms with van der Waals surface area (Å²) in [4.78, 5) is 13.1. The minimum Gasteiger partial charge on any atom is -0.341 e. The molecule has 1 atom stereocenters. The zero-order valence-corrected chi connectivity index (χ0v) is 9.33. The van der Waals surface area contributed by atoms with Crippen LogP contribution in [0.4, 0.5) is 8.78 Å². The minimum absolute atomic E-state index is 0.0000184. The first-order valence-electron chi connectivity index (χ1n) is 5.53. The van der Waals surface area contributed by atoms with Gasteiger partial charge in [-0.25, -0.2) is 8.78 Å². The molecule has 1 aromatic rings. The SMILES string of the molecule is NC1CC(=O)N(CCc2ccc(F)cc2F)C1. The van der Waals surface area contributed by atoms with Crippen LogP contribution < -0.4 is 5.73 Å². The highest BCUT2D eigenvalue weighted by Gasteiger charge is 2.26. The van der Waals surface area contributed by atoms with E-state index in [4.69, 9.17) is 5.73 Å². The van der Waals surface area contributed by atoms with Gasteiger partial charge in [0.2, 0.25) is 5.91 Å². The van der Waals surface area contributed by atoms with Crippen LogP contribution in [0.2, 0.25) is 0 Å². The van der Waals surface area contributed by atoms with Crippen molar-refractivity contribution in [2.75, 3.05) is 13.1 Å². The fourth-order valence-corrected chi connectivity index (χ4v) is 2.00. The van der Waals surface area contributed by atoms with E-state index in [1.165, 1.54) is 12.1 Å². The number of halogens is 2. The number of hydrogen-bond acceptors (Lipinski definition) is 2. The third-order valence-electron chi connectivity index (χ3n) is 2.91. The zero-order valence-electron chi connectivity index (χ0n) is 9.33. The van der Waals surface area contributed by atoms with Gasteiger partial charge in [0, 0.05) is 31.6 Å². The number of carbonyl (C=O) groups is 1. The normalized spacial score (nSPS) is 20.1. The highest BCUT2D eigenvalue weighted by molar-refractivity contribution is 5.79. The fourth-order valence-electron chi connectivity index (χ4n) is 2.00. The molecule has 1 fully saturated rings. The Morgan fingerprint density at radius 1 is 1.41 bits per heavy atom. The number of nitrogens with two attached hydrogens (primary N) is 1. The highest BCUT2D eigenvalue weighted by atomic mass is 19.1. The monoisotopic (exact) mass is 240 g/mol. The third kappa shape index (κ3) is 2.79. The molecule has 0 bridgehead atoms. The standard InChI is InChI=1S/C12H14F2N2O/c13-9-2-1-8(11(14)5-9)3-4-16-7-10(15)6-12(16)17/h1-2,5,10H,3-4,6-7,15H2. The molecule has 1 heterocycles. The molecule has 1 saturated heterocycles. The summed E-state index contributed by atoms with van der Waals surface area (Å²) in [6, 6.07) is 3.36. The molecule has 1 aliphatic rings. The molecule has 1 unspecified atom stereocenters. The quantitative estimate of drug-likeness (QED) is 0.859. The fraction of sp³-hybridized carbons (Fsp3) is 0.417. The van der Waals surface area contributed by atoms with Crippen LogP contribution in [-0.4, -0.2) is 29.9 Å². The van der Waals surface area contributed by atoms with Gasteiger partial charge in [0.1, 0.15) is 11.6 Å². The molecule has 5 heteroatoms. The van der Waals surface area contributed by atoms with Gasteiger partial charge in [-0.1, -0.05) is 6.07 Å². The molecule has 1 aliphatic heterocycles. The lowest BCUT2D eigenvalue weighted by Gasteiger charge is -2.15. The molecule has 1 amide bonds. The Bertz CT molecular complexity index is 437. The van der Waals surface area contributed by atoms with Crippen molar-refractivity contribution in [3.8, 4) is 0 Å². The highest BCUT2D eigenvalue weighted by Crippen LogP contribution is 2.13. The van der Waals surface area contributed by atoms with E-state index in [1.807, 2.05) is 0 Å². The van der Waals surface area contributed by atoms with Crippen LogP contribution >= 0.6 is 0 Å². The van der Waals surface area contributed by atoms with Crippen molar-refractivity contribution in [3.05, 3.63) is 35.4 Å². The van der Waals surface area contributed by atoms with Crippen molar-refractivity contribution in [2.24, 2.45) is 5.73 Å². The van der Waals surface area contributed by atoms with Crippen LogP contribution in [0.15, 0.2) is 18.2 Å². The van der Waals surface area contributed by atoms with Crippen molar-refractivity contribution in [3.63, 3.8) is 0 Å². The van der Waals surface area contributed by atoms with Crippen molar-refractivity contribution in [1.29, 1.82) is 0 Å². The van der Waals surface area contributed by atoms with E-state index in [1.54, 1.807) is 4.90 Å². The molecule has 1 aromatic carbocycles. The molecule has 0 aliphatic carbocycles. The van der Waals surface area contributed by atoms with Gasteiger partial charge >= 0.3 is 0 Å². The van der Waals surface area contributed by atoms with Crippen LogP contribution in [0.3, 0.4) is 0 Å². The van der Waals surface area contributed by atoms with Gasteiger partial charge in [0.25, 0.3) is 0 Å². The van der Waals surface area contributed by atoms with E-state index in [9.17, 15) is 13.6 Å². The summed E-state index contributed by atoms with van der Waals surface area (Å²) in [5, 5.41) is 0. The maximum absolute atomic E-state index is 13.3. The first-order chi connectivity index (χ1) is 8.06. The Morgan fingerprint density at radius 3 is 2.76 bits per heavy atom. The molecule has 2 rings (SSSR count). The molecule has 3 nitrogen and oxygen atoms in total. The first kappa shape index (κ1) is 12.0. The Hall–Kier alpha value is -1.49. The number of likely N-dealkylation sites (tertiary alicyclic amines) is 1. The smallest absolute Gasteiger partial charge is 0.224 e. The number of rotatable bonds is 3. The van der Waals surface area contributed by atoms with Gasteiger partial charge in [0.15, 0.2) is 0 Å². The number of carbonyl (C=O) groups excluding carboxylic acids is 1. The van der Waals surface area contributed by atoms with E-state index < -0.39 is 11.6 Å². The summed E-state index contributed by atoms with van der Waals surface area (Å²) < 4.78 is 26.0. The molecule has 92 valence electrons. The van der Waals surface area contributed by atoms with Crippen LogP contribution in [0, 0.1) is 11.6 Å². The minimum atomic E-state index is -0.592. The van der Waals surface area contributed by atoms with Crippen molar-refractivity contribution < 1.29 is 13.6 Å². The van der Waals surface area contributed by atoms with E-state index in [2.05, 4.69) is 0 Å². The number of benzene rings is 1. The second-order valence-corrected chi connectivity index (χ2v) is 4.29. The van der Waals surface area contributed by atoms with Crippen molar-refractivity contribution in [2.45, 2.75) is 18.9 Å². The Kier molecular flexibility index (Phi) is 3.38. The van der Waals surface area contributed by atoms with Gasteiger partial charge in [-0.3, -0.25) is 4.79 Å².